The summed E-state index contributed by atoms with van der Waals surface area (Å²) in [6.45, 7) is 3.91. The lowest BCUT2D eigenvalue weighted by atomic mass is 9.80. The molecule has 2 saturated heterocycles. The zero-order chi connectivity index (χ0) is 20.8. The summed E-state index contributed by atoms with van der Waals surface area (Å²) in [7, 11) is 1.61. The van der Waals surface area contributed by atoms with Gasteiger partial charge in [-0.05, 0) is 76.2 Å². The fourth-order valence-electron chi connectivity index (χ4n) is 5.26. The molecule has 2 unspecified atom stereocenters. The number of anilines is 1. The van der Waals surface area contributed by atoms with Gasteiger partial charge < -0.3 is 15.6 Å². The number of fused-ring (bicyclic) bond motifs is 2. The highest BCUT2D eigenvalue weighted by Gasteiger charge is 2.42. The van der Waals surface area contributed by atoms with Crippen molar-refractivity contribution in [1.82, 2.24) is 4.90 Å². The SMILES string of the molecule is COc1ccc(C)cc1N(C(=O)O)C1CC2CCCC(C1)N2CCCCCCN. The molecule has 0 spiro atoms. The van der Waals surface area contributed by atoms with Gasteiger partial charge in [0.1, 0.15) is 5.75 Å². The molecule has 1 amide bonds. The van der Waals surface area contributed by atoms with E-state index >= 15 is 0 Å². The van der Waals surface area contributed by atoms with Gasteiger partial charge in [0.15, 0.2) is 0 Å². The number of amides is 1. The van der Waals surface area contributed by atoms with Gasteiger partial charge in [-0.25, -0.2) is 4.79 Å². The number of nitrogens with zero attached hydrogens (tertiary/aromatic N) is 2. The van der Waals surface area contributed by atoms with Gasteiger partial charge in [0.2, 0.25) is 0 Å². The van der Waals surface area contributed by atoms with Crippen molar-refractivity contribution in [3.05, 3.63) is 23.8 Å². The van der Waals surface area contributed by atoms with Gasteiger partial charge in [-0.15, -0.1) is 0 Å². The van der Waals surface area contributed by atoms with Crippen LogP contribution in [0.3, 0.4) is 0 Å². The summed E-state index contributed by atoms with van der Waals surface area (Å²) in [5, 5.41) is 10.1. The Morgan fingerprint density at radius 2 is 1.90 bits per heavy atom. The standard InChI is InChI=1S/C23H37N3O3/c1-17-10-11-22(29-2)21(14-17)26(23(27)28)20-15-18-8-7-9-19(16-20)25(18)13-6-4-3-5-12-24/h10-11,14,18-20H,3-9,12-13,15-16,24H2,1-2H3,(H,27,28). The molecule has 1 aromatic carbocycles. The Bertz CT molecular complexity index is 667. The first kappa shape index (κ1) is 21.9. The molecule has 1 aromatic rings. The topological polar surface area (TPSA) is 79.0 Å². The highest BCUT2D eigenvalue weighted by molar-refractivity contribution is 5.89. The minimum Gasteiger partial charge on any atom is -0.495 e. The first-order valence-corrected chi connectivity index (χ1v) is 11.2. The first-order chi connectivity index (χ1) is 14.0. The van der Waals surface area contributed by atoms with Crippen molar-refractivity contribution in [3.63, 3.8) is 0 Å². The van der Waals surface area contributed by atoms with E-state index in [9.17, 15) is 9.90 Å². The largest absolute Gasteiger partial charge is 0.495 e. The van der Waals surface area contributed by atoms with Gasteiger partial charge in [-0.1, -0.05) is 25.3 Å². The summed E-state index contributed by atoms with van der Waals surface area (Å²) in [5.74, 6) is 0.630. The van der Waals surface area contributed by atoms with E-state index in [1.807, 2.05) is 25.1 Å². The average Bonchev–Trinajstić information content (AvgIpc) is 2.68. The number of benzene rings is 1. The normalized spacial score (nSPS) is 24.3. The number of hydrogen-bond acceptors (Lipinski definition) is 4. The van der Waals surface area contributed by atoms with Gasteiger partial charge >= 0.3 is 6.09 Å². The maximum atomic E-state index is 12.3. The number of carbonyl (C=O) groups is 1. The summed E-state index contributed by atoms with van der Waals surface area (Å²) in [5.41, 5.74) is 7.32. The lowest BCUT2D eigenvalue weighted by molar-refractivity contribution is 0.0288. The van der Waals surface area contributed by atoms with Crippen LogP contribution in [0, 0.1) is 6.92 Å². The summed E-state index contributed by atoms with van der Waals surface area (Å²) in [6, 6.07) is 6.75. The predicted molar refractivity (Wildman–Crippen MR) is 117 cm³/mol. The Balaban J connectivity index is 1.73. The third-order valence-electron chi connectivity index (χ3n) is 6.64. The van der Waals surface area contributed by atoms with Crippen molar-refractivity contribution >= 4 is 11.8 Å². The Morgan fingerprint density at radius 3 is 2.52 bits per heavy atom. The number of hydrogen-bond donors (Lipinski definition) is 2. The second kappa shape index (κ2) is 10.3. The van der Waals surface area contributed by atoms with Crippen LogP contribution in [0.5, 0.6) is 5.75 Å². The molecule has 6 nitrogen and oxygen atoms in total. The minimum atomic E-state index is -0.882. The van der Waals surface area contributed by atoms with Crippen LogP contribution in [0.15, 0.2) is 18.2 Å². The van der Waals surface area contributed by atoms with Crippen LogP contribution in [-0.2, 0) is 0 Å². The molecule has 2 aliphatic rings. The molecule has 0 radical (unpaired) electrons. The summed E-state index contributed by atoms with van der Waals surface area (Å²) < 4.78 is 5.50. The maximum Gasteiger partial charge on any atom is 0.412 e. The average molecular weight is 404 g/mol. The third kappa shape index (κ3) is 5.23. The molecule has 162 valence electrons. The monoisotopic (exact) mass is 403 g/mol. The van der Waals surface area contributed by atoms with Crippen LogP contribution in [0.2, 0.25) is 0 Å². The number of nitrogens with two attached hydrogens (primary N) is 1. The zero-order valence-electron chi connectivity index (χ0n) is 18.0. The van der Waals surface area contributed by atoms with Crippen molar-refractivity contribution < 1.29 is 14.6 Å². The van der Waals surface area contributed by atoms with Crippen molar-refractivity contribution in [2.75, 3.05) is 25.1 Å². The molecule has 2 aliphatic heterocycles. The van der Waals surface area contributed by atoms with E-state index in [0.29, 0.717) is 23.5 Å². The van der Waals surface area contributed by atoms with Crippen LogP contribution < -0.4 is 15.4 Å². The van der Waals surface area contributed by atoms with Gasteiger partial charge in [0.05, 0.1) is 12.8 Å². The Hall–Kier alpha value is -1.79. The second-order valence-electron chi connectivity index (χ2n) is 8.63. The molecule has 29 heavy (non-hydrogen) atoms. The van der Waals surface area contributed by atoms with E-state index in [4.69, 9.17) is 10.5 Å². The predicted octanol–water partition coefficient (Wildman–Crippen LogP) is 4.39. The maximum absolute atomic E-state index is 12.3. The molecule has 0 saturated carbocycles. The fraction of sp³-hybridized carbons (Fsp3) is 0.696. The molecule has 2 heterocycles. The summed E-state index contributed by atoms with van der Waals surface area (Å²) in [4.78, 5) is 16.6. The second-order valence-corrected chi connectivity index (χ2v) is 8.63. The van der Waals surface area contributed by atoms with Gasteiger partial charge in [-0.3, -0.25) is 9.80 Å². The van der Waals surface area contributed by atoms with E-state index < -0.39 is 6.09 Å². The number of rotatable bonds is 9. The van der Waals surface area contributed by atoms with Gasteiger partial charge in [0.25, 0.3) is 0 Å². The Kier molecular flexibility index (Phi) is 7.78. The Labute approximate surface area is 175 Å². The number of piperidine rings is 2. The van der Waals surface area contributed by atoms with Gasteiger partial charge in [0, 0.05) is 18.1 Å². The fourth-order valence-corrected chi connectivity index (χ4v) is 5.26. The zero-order valence-corrected chi connectivity index (χ0v) is 18.0. The smallest absolute Gasteiger partial charge is 0.412 e. The van der Waals surface area contributed by atoms with E-state index in [1.54, 1.807) is 12.0 Å². The van der Waals surface area contributed by atoms with Crippen molar-refractivity contribution in [2.24, 2.45) is 5.73 Å². The van der Waals surface area contributed by atoms with E-state index in [-0.39, 0.29) is 6.04 Å². The van der Waals surface area contributed by atoms with Crippen LogP contribution in [-0.4, -0.2) is 54.4 Å². The Morgan fingerprint density at radius 1 is 1.21 bits per heavy atom. The molecule has 0 aliphatic carbocycles. The van der Waals surface area contributed by atoms with Crippen LogP contribution in [0.25, 0.3) is 0 Å². The summed E-state index contributed by atoms with van der Waals surface area (Å²) >= 11 is 0. The first-order valence-electron chi connectivity index (χ1n) is 11.2. The van der Waals surface area contributed by atoms with Crippen LogP contribution >= 0.6 is 0 Å². The molecular formula is C23H37N3O3. The summed E-state index contributed by atoms with van der Waals surface area (Å²) in [6.07, 6.45) is 9.31. The third-order valence-corrected chi connectivity index (χ3v) is 6.64. The number of unbranched alkanes of at least 4 members (excludes halogenated alkanes) is 3. The molecule has 0 aromatic heterocycles. The van der Waals surface area contributed by atoms with Crippen LogP contribution in [0.4, 0.5) is 10.5 Å². The van der Waals surface area contributed by atoms with Crippen molar-refractivity contribution in [3.8, 4) is 5.75 Å². The highest BCUT2D eigenvalue weighted by Crippen LogP contribution is 2.40. The lowest BCUT2D eigenvalue weighted by Gasteiger charge is -2.50. The number of aryl methyl sites for hydroxylation is 1. The van der Waals surface area contributed by atoms with E-state index in [0.717, 1.165) is 37.9 Å². The molecular weight excluding hydrogens is 366 g/mol. The minimum absolute atomic E-state index is 0.00647. The van der Waals surface area contributed by atoms with Crippen LogP contribution in [0.1, 0.15) is 63.4 Å². The van der Waals surface area contributed by atoms with Crippen molar-refractivity contribution in [1.29, 1.82) is 0 Å². The molecule has 3 N–H and O–H groups in total. The molecule has 3 rings (SSSR count). The van der Waals surface area contributed by atoms with Crippen molar-refractivity contribution in [2.45, 2.75) is 82.8 Å². The number of methoxy groups -OCH3 is 1. The highest BCUT2D eigenvalue weighted by atomic mass is 16.5. The molecule has 6 heteroatoms. The van der Waals surface area contributed by atoms with Gasteiger partial charge in [-0.2, -0.15) is 0 Å². The lowest BCUT2D eigenvalue weighted by Crippen LogP contribution is -2.58. The van der Waals surface area contributed by atoms with E-state index in [1.165, 1.54) is 38.5 Å². The molecule has 2 bridgehead atoms. The molecule has 2 atom stereocenters. The number of carboxylic acid groups (broad SMARTS) is 1. The molecule has 2 fully saturated rings. The van der Waals surface area contributed by atoms with E-state index in [2.05, 4.69) is 4.90 Å². The quantitative estimate of drug-likeness (QED) is 0.598. The number of ether oxygens (including phenoxy) is 1.